The predicted octanol–water partition coefficient (Wildman–Crippen LogP) is 2.75. The first-order chi connectivity index (χ1) is 6.43. The van der Waals surface area contributed by atoms with Crippen molar-refractivity contribution in [2.24, 2.45) is 11.1 Å². The molecular weight excluding hydrogens is 170 g/mol. The lowest BCUT2D eigenvalue weighted by Crippen LogP contribution is -2.06. The zero-order valence-corrected chi connectivity index (χ0v) is 9.46. The largest absolute Gasteiger partial charge is 0.327 e. The van der Waals surface area contributed by atoms with Crippen molar-refractivity contribution in [3.63, 3.8) is 0 Å². The maximum absolute atomic E-state index is 6.08. The molecule has 2 N–H and O–H groups in total. The first-order valence-electron chi connectivity index (χ1n) is 5.26. The summed E-state index contributed by atoms with van der Waals surface area (Å²) >= 11 is 0. The van der Waals surface area contributed by atoms with Gasteiger partial charge in [0.2, 0.25) is 0 Å². The second-order valence-electron chi connectivity index (χ2n) is 5.25. The van der Waals surface area contributed by atoms with E-state index < -0.39 is 0 Å². The Hall–Kier alpha value is -0.820. The monoisotopic (exact) mass is 189 g/mol. The van der Waals surface area contributed by atoms with E-state index in [1.54, 1.807) is 0 Å². The van der Waals surface area contributed by atoms with Crippen molar-refractivity contribution in [2.45, 2.75) is 39.7 Å². The van der Waals surface area contributed by atoms with Crippen LogP contribution in [-0.2, 0) is 0 Å². The van der Waals surface area contributed by atoms with Crippen LogP contribution < -0.4 is 5.73 Å². The third-order valence-electron chi connectivity index (χ3n) is 3.51. The van der Waals surface area contributed by atoms with Gasteiger partial charge in [-0.2, -0.15) is 0 Å². The number of benzene rings is 1. The first kappa shape index (κ1) is 9.72. The van der Waals surface area contributed by atoms with Gasteiger partial charge in [-0.1, -0.05) is 43.2 Å². The summed E-state index contributed by atoms with van der Waals surface area (Å²) in [7, 11) is 0. The molecule has 1 fully saturated rings. The molecule has 0 radical (unpaired) electrons. The van der Waals surface area contributed by atoms with Crippen LogP contribution in [0.15, 0.2) is 18.2 Å². The minimum atomic E-state index is 0.292. The van der Waals surface area contributed by atoms with E-state index in [0.717, 1.165) is 0 Å². The lowest BCUT2D eigenvalue weighted by molar-refractivity contribution is 0.599. The van der Waals surface area contributed by atoms with Crippen LogP contribution in [0.4, 0.5) is 0 Å². The smallest absolute Gasteiger partial charge is 0.0172 e. The SMILES string of the molecule is Cc1cc(C)cc([C@H]2[C@H](N)C2(C)C)c1. The molecule has 14 heavy (non-hydrogen) atoms. The van der Waals surface area contributed by atoms with Crippen molar-refractivity contribution in [1.82, 2.24) is 0 Å². The van der Waals surface area contributed by atoms with E-state index in [-0.39, 0.29) is 0 Å². The van der Waals surface area contributed by atoms with Crippen molar-refractivity contribution in [3.8, 4) is 0 Å². The molecule has 1 nitrogen and oxygen atoms in total. The van der Waals surface area contributed by atoms with Crippen LogP contribution in [0.2, 0.25) is 0 Å². The molecule has 76 valence electrons. The molecule has 1 aromatic carbocycles. The van der Waals surface area contributed by atoms with Crippen LogP contribution in [0.5, 0.6) is 0 Å². The molecule has 0 spiro atoms. The summed E-state index contributed by atoms with van der Waals surface area (Å²) in [6, 6.07) is 7.09. The van der Waals surface area contributed by atoms with E-state index in [0.29, 0.717) is 17.4 Å². The zero-order chi connectivity index (χ0) is 10.5. The Morgan fingerprint density at radius 2 is 1.50 bits per heavy atom. The number of rotatable bonds is 1. The van der Waals surface area contributed by atoms with Crippen LogP contribution >= 0.6 is 0 Å². The topological polar surface area (TPSA) is 26.0 Å². The Kier molecular flexibility index (Phi) is 1.97. The Morgan fingerprint density at radius 1 is 1.07 bits per heavy atom. The van der Waals surface area contributed by atoms with Gasteiger partial charge in [0.25, 0.3) is 0 Å². The van der Waals surface area contributed by atoms with Crippen LogP contribution in [0.25, 0.3) is 0 Å². The second-order valence-corrected chi connectivity index (χ2v) is 5.25. The molecule has 0 saturated heterocycles. The average molecular weight is 189 g/mol. The fourth-order valence-electron chi connectivity index (χ4n) is 2.50. The highest BCUT2D eigenvalue weighted by molar-refractivity contribution is 5.38. The molecule has 1 aliphatic rings. The van der Waals surface area contributed by atoms with Crippen molar-refractivity contribution >= 4 is 0 Å². The molecule has 1 heteroatoms. The van der Waals surface area contributed by atoms with E-state index in [2.05, 4.69) is 45.9 Å². The van der Waals surface area contributed by atoms with Gasteiger partial charge >= 0.3 is 0 Å². The molecule has 0 bridgehead atoms. The van der Waals surface area contributed by atoms with Gasteiger partial charge in [-0.3, -0.25) is 0 Å². The maximum atomic E-state index is 6.08. The summed E-state index contributed by atoms with van der Waals surface area (Å²) in [5.74, 6) is 0.557. The van der Waals surface area contributed by atoms with E-state index >= 15 is 0 Å². The molecule has 1 saturated carbocycles. The van der Waals surface area contributed by atoms with E-state index in [4.69, 9.17) is 5.73 Å². The zero-order valence-electron chi connectivity index (χ0n) is 9.46. The van der Waals surface area contributed by atoms with Crippen molar-refractivity contribution < 1.29 is 0 Å². The summed E-state index contributed by atoms with van der Waals surface area (Å²) in [5, 5.41) is 0. The highest BCUT2D eigenvalue weighted by atomic mass is 14.8. The lowest BCUT2D eigenvalue weighted by Gasteiger charge is -2.05. The third kappa shape index (κ3) is 1.36. The van der Waals surface area contributed by atoms with Gasteiger partial charge in [0.05, 0.1) is 0 Å². The highest BCUT2D eigenvalue weighted by Gasteiger charge is 2.56. The van der Waals surface area contributed by atoms with Gasteiger partial charge in [-0.25, -0.2) is 0 Å². The fraction of sp³-hybridized carbons (Fsp3) is 0.538. The Labute approximate surface area is 86.3 Å². The molecule has 2 atom stereocenters. The van der Waals surface area contributed by atoms with Crippen LogP contribution in [0, 0.1) is 19.3 Å². The number of hydrogen-bond donors (Lipinski definition) is 1. The van der Waals surface area contributed by atoms with Crippen LogP contribution in [0.1, 0.15) is 36.5 Å². The molecular formula is C13H19N. The summed E-state index contributed by atoms with van der Waals surface area (Å²) in [6.45, 7) is 8.80. The minimum absolute atomic E-state index is 0.292. The van der Waals surface area contributed by atoms with Gasteiger partial charge < -0.3 is 5.73 Å². The van der Waals surface area contributed by atoms with E-state index in [1.807, 2.05) is 0 Å². The van der Waals surface area contributed by atoms with E-state index in [1.165, 1.54) is 16.7 Å². The van der Waals surface area contributed by atoms with Crippen molar-refractivity contribution in [3.05, 3.63) is 34.9 Å². The predicted molar refractivity (Wildman–Crippen MR) is 60.4 cm³/mol. The molecule has 0 heterocycles. The normalized spacial score (nSPS) is 28.9. The Bertz CT molecular complexity index is 345. The standard InChI is InChI=1S/C13H19N/c1-8-5-9(2)7-10(6-8)11-12(14)13(11,3)4/h5-7,11-12H,14H2,1-4H3/t11-,12-/m0/s1. The first-order valence-corrected chi connectivity index (χ1v) is 5.26. The Balaban J connectivity index is 2.35. The van der Waals surface area contributed by atoms with Gasteiger partial charge in [0.15, 0.2) is 0 Å². The summed E-state index contributed by atoms with van der Waals surface area (Å²) in [6.07, 6.45) is 0. The second kappa shape index (κ2) is 2.83. The minimum Gasteiger partial charge on any atom is -0.327 e. The molecule has 1 aliphatic carbocycles. The van der Waals surface area contributed by atoms with Crippen LogP contribution in [0.3, 0.4) is 0 Å². The summed E-state index contributed by atoms with van der Waals surface area (Å²) in [4.78, 5) is 0. The van der Waals surface area contributed by atoms with Gasteiger partial charge in [0, 0.05) is 12.0 Å². The lowest BCUT2D eigenvalue weighted by atomic mass is 9.99. The number of nitrogens with two attached hydrogens (primary N) is 1. The number of aryl methyl sites for hydroxylation is 2. The van der Waals surface area contributed by atoms with Crippen molar-refractivity contribution in [1.29, 1.82) is 0 Å². The molecule has 0 aromatic heterocycles. The summed E-state index contributed by atoms with van der Waals surface area (Å²) in [5.41, 5.74) is 10.5. The van der Waals surface area contributed by atoms with Gasteiger partial charge in [-0.05, 0) is 24.8 Å². The third-order valence-corrected chi connectivity index (χ3v) is 3.51. The van der Waals surface area contributed by atoms with Crippen molar-refractivity contribution in [2.75, 3.05) is 0 Å². The molecule has 0 amide bonds. The molecule has 1 aromatic rings. The molecule has 0 unspecified atom stereocenters. The van der Waals surface area contributed by atoms with E-state index in [9.17, 15) is 0 Å². The van der Waals surface area contributed by atoms with Gasteiger partial charge in [0.1, 0.15) is 0 Å². The average Bonchev–Trinajstić information content (AvgIpc) is 2.48. The van der Waals surface area contributed by atoms with Crippen LogP contribution in [-0.4, -0.2) is 6.04 Å². The molecule has 0 aliphatic heterocycles. The number of hydrogen-bond acceptors (Lipinski definition) is 1. The molecule has 2 rings (SSSR count). The quantitative estimate of drug-likeness (QED) is 0.722. The summed E-state index contributed by atoms with van der Waals surface area (Å²) < 4.78 is 0. The highest BCUT2D eigenvalue weighted by Crippen LogP contribution is 2.57. The fourth-order valence-corrected chi connectivity index (χ4v) is 2.50. The maximum Gasteiger partial charge on any atom is 0.0172 e. The Morgan fingerprint density at radius 3 is 1.86 bits per heavy atom. The van der Waals surface area contributed by atoms with Gasteiger partial charge in [-0.15, -0.1) is 0 Å².